The van der Waals surface area contributed by atoms with Crippen molar-refractivity contribution < 1.29 is 0 Å². The third-order valence-corrected chi connectivity index (χ3v) is 7.26. The Hall–Kier alpha value is -4.56. The quantitative estimate of drug-likeness (QED) is 0.244. The number of aromatic nitrogens is 2. The molecule has 0 atom stereocenters. The van der Waals surface area contributed by atoms with Gasteiger partial charge in [0, 0.05) is 34.5 Å². The first kappa shape index (κ1) is 17.9. The summed E-state index contributed by atoms with van der Waals surface area (Å²) >= 11 is 0. The Bertz CT molecular complexity index is 1970. The lowest BCUT2D eigenvalue weighted by atomic mass is 9.90. The first-order chi connectivity index (χ1) is 16.9. The highest BCUT2D eigenvalue weighted by molar-refractivity contribution is 6.28. The van der Waals surface area contributed by atoms with E-state index in [1.165, 1.54) is 60.0 Å². The maximum atomic E-state index is 4.88. The average molecular weight is 431 g/mol. The van der Waals surface area contributed by atoms with Crippen molar-refractivity contribution in [1.82, 2.24) is 9.97 Å². The van der Waals surface area contributed by atoms with Gasteiger partial charge in [-0.05, 0) is 67.5 Å². The van der Waals surface area contributed by atoms with Gasteiger partial charge in [-0.3, -0.25) is 9.97 Å². The molecule has 7 aromatic rings. The summed E-state index contributed by atoms with van der Waals surface area (Å²) in [6.45, 7) is 0. The molecule has 0 amide bonds. The molecule has 0 radical (unpaired) electrons. The van der Waals surface area contributed by atoms with Gasteiger partial charge in [0.05, 0.1) is 11.4 Å². The van der Waals surface area contributed by atoms with Crippen LogP contribution in [0.15, 0.2) is 109 Å². The van der Waals surface area contributed by atoms with Crippen molar-refractivity contribution in [1.29, 1.82) is 0 Å². The van der Waals surface area contributed by atoms with Gasteiger partial charge in [-0.1, -0.05) is 72.8 Å². The Morgan fingerprint density at radius 1 is 0.441 bits per heavy atom. The average Bonchev–Trinajstić information content (AvgIpc) is 3.23. The smallest absolute Gasteiger partial charge is 0.0787 e. The molecule has 0 unspecified atom stereocenters. The van der Waals surface area contributed by atoms with Crippen LogP contribution in [0.2, 0.25) is 0 Å². The second-order valence-corrected chi connectivity index (χ2v) is 9.03. The molecule has 0 saturated heterocycles. The summed E-state index contributed by atoms with van der Waals surface area (Å²) in [6.07, 6.45) is 3.88. The minimum Gasteiger partial charge on any atom is -0.256 e. The zero-order valence-corrected chi connectivity index (χ0v) is 18.3. The number of rotatable bonds is 1. The van der Waals surface area contributed by atoms with Crippen LogP contribution in [-0.2, 0) is 0 Å². The molecule has 0 aliphatic heterocycles. The number of pyridine rings is 2. The lowest BCUT2D eigenvalue weighted by Crippen LogP contribution is -1.90. The van der Waals surface area contributed by atoms with Crippen molar-refractivity contribution in [3.8, 4) is 33.6 Å². The van der Waals surface area contributed by atoms with Crippen LogP contribution in [0.4, 0.5) is 0 Å². The van der Waals surface area contributed by atoms with Crippen molar-refractivity contribution in [2.75, 3.05) is 0 Å². The second-order valence-electron chi connectivity index (χ2n) is 9.03. The van der Waals surface area contributed by atoms with Gasteiger partial charge in [0.2, 0.25) is 0 Å². The van der Waals surface area contributed by atoms with Crippen LogP contribution in [0.1, 0.15) is 0 Å². The van der Waals surface area contributed by atoms with Gasteiger partial charge in [0.1, 0.15) is 0 Å². The zero-order chi connectivity index (χ0) is 22.2. The minimum absolute atomic E-state index is 1.00. The predicted molar refractivity (Wildman–Crippen MR) is 142 cm³/mol. The summed E-state index contributed by atoms with van der Waals surface area (Å²) in [4.78, 5) is 9.65. The Balaban J connectivity index is 1.54. The van der Waals surface area contributed by atoms with Crippen LogP contribution in [0.3, 0.4) is 0 Å². The SMILES string of the molecule is c1cnc2c(c1)-c1cccc3c1c-2cc1c2ccccc2c(-c2cc4ccccc4cn2)cc31. The van der Waals surface area contributed by atoms with Crippen molar-refractivity contribution in [3.63, 3.8) is 0 Å². The molecule has 8 rings (SSSR count). The largest absolute Gasteiger partial charge is 0.256 e. The number of hydrogen-bond acceptors (Lipinski definition) is 2. The molecule has 2 nitrogen and oxygen atoms in total. The molecule has 156 valence electrons. The first-order valence-electron chi connectivity index (χ1n) is 11.6. The Labute approximate surface area is 196 Å². The summed E-state index contributed by atoms with van der Waals surface area (Å²) in [5.74, 6) is 0. The number of fused-ring (bicyclic) bond motifs is 8. The van der Waals surface area contributed by atoms with E-state index in [0.717, 1.165) is 16.8 Å². The molecule has 2 aromatic heterocycles. The maximum Gasteiger partial charge on any atom is 0.0787 e. The highest BCUT2D eigenvalue weighted by atomic mass is 14.7. The maximum absolute atomic E-state index is 4.88. The van der Waals surface area contributed by atoms with E-state index >= 15 is 0 Å². The van der Waals surface area contributed by atoms with Crippen LogP contribution < -0.4 is 0 Å². The van der Waals surface area contributed by atoms with Gasteiger partial charge >= 0.3 is 0 Å². The van der Waals surface area contributed by atoms with Gasteiger partial charge in [0.15, 0.2) is 0 Å². The van der Waals surface area contributed by atoms with E-state index in [-0.39, 0.29) is 0 Å². The molecule has 1 aliphatic carbocycles. The van der Waals surface area contributed by atoms with Crippen molar-refractivity contribution in [2.24, 2.45) is 0 Å². The van der Waals surface area contributed by atoms with Gasteiger partial charge < -0.3 is 0 Å². The summed E-state index contributed by atoms with van der Waals surface area (Å²) in [5, 5.41) is 9.94. The standard InChI is InChI=1S/C32H18N2/c1-2-8-20-18-34-30(15-19(20)7-1)28-16-27-24-12-5-11-23-25-13-6-14-33-32(25)29(31(23)24)17-26(27)21-9-3-4-10-22(21)28/h1-18H. The van der Waals surface area contributed by atoms with Crippen molar-refractivity contribution >= 4 is 43.1 Å². The third kappa shape index (κ3) is 2.29. The number of hydrogen-bond donors (Lipinski definition) is 0. The molecule has 0 N–H and O–H groups in total. The molecule has 2 heteroatoms. The molecule has 0 saturated carbocycles. The van der Waals surface area contributed by atoms with Crippen molar-refractivity contribution in [3.05, 3.63) is 109 Å². The van der Waals surface area contributed by atoms with Crippen molar-refractivity contribution in [2.45, 2.75) is 0 Å². The van der Waals surface area contributed by atoms with E-state index in [0.29, 0.717) is 0 Å². The van der Waals surface area contributed by atoms with E-state index < -0.39 is 0 Å². The normalized spacial score (nSPS) is 12.1. The monoisotopic (exact) mass is 430 g/mol. The summed E-state index contributed by atoms with van der Waals surface area (Å²) in [6, 6.07) is 34.9. The Morgan fingerprint density at radius 2 is 1.18 bits per heavy atom. The molecule has 2 heterocycles. The lowest BCUT2D eigenvalue weighted by molar-refractivity contribution is 1.35. The molecule has 34 heavy (non-hydrogen) atoms. The van der Waals surface area contributed by atoms with Gasteiger partial charge in [-0.25, -0.2) is 0 Å². The molecule has 1 aliphatic rings. The molecule has 0 bridgehead atoms. The summed E-state index contributed by atoms with van der Waals surface area (Å²) in [7, 11) is 0. The highest BCUT2D eigenvalue weighted by Gasteiger charge is 2.24. The number of benzene rings is 5. The summed E-state index contributed by atoms with van der Waals surface area (Å²) < 4.78 is 0. The third-order valence-electron chi connectivity index (χ3n) is 7.26. The summed E-state index contributed by atoms with van der Waals surface area (Å²) in [5.41, 5.74) is 6.98. The molecule has 5 aromatic carbocycles. The van der Waals surface area contributed by atoms with E-state index in [9.17, 15) is 0 Å². The number of nitrogens with zero attached hydrogens (tertiary/aromatic N) is 2. The van der Waals surface area contributed by atoms with Crippen LogP contribution >= 0.6 is 0 Å². The first-order valence-corrected chi connectivity index (χ1v) is 11.6. The molecular formula is C32H18N2. The second kappa shape index (κ2) is 6.49. The fraction of sp³-hybridized carbons (Fsp3) is 0. The Kier molecular flexibility index (Phi) is 3.42. The van der Waals surface area contributed by atoms with Gasteiger partial charge in [0.25, 0.3) is 0 Å². The lowest BCUT2D eigenvalue weighted by Gasteiger charge is -2.14. The molecule has 0 spiro atoms. The minimum atomic E-state index is 1.00. The zero-order valence-electron chi connectivity index (χ0n) is 18.3. The fourth-order valence-corrected chi connectivity index (χ4v) is 5.75. The van der Waals surface area contributed by atoms with E-state index in [4.69, 9.17) is 9.97 Å². The van der Waals surface area contributed by atoms with Crippen LogP contribution in [0.25, 0.3) is 76.7 Å². The van der Waals surface area contributed by atoms with Crippen LogP contribution in [0, 0.1) is 0 Å². The highest BCUT2D eigenvalue weighted by Crippen LogP contribution is 2.49. The van der Waals surface area contributed by atoms with E-state index in [1.54, 1.807) is 0 Å². The molecule has 0 fully saturated rings. The fourth-order valence-electron chi connectivity index (χ4n) is 5.75. The van der Waals surface area contributed by atoms with E-state index in [2.05, 4.69) is 91.0 Å². The van der Waals surface area contributed by atoms with Gasteiger partial charge in [-0.2, -0.15) is 0 Å². The Morgan fingerprint density at radius 3 is 2.12 bits per heavy atom. The molecular weight excluding hydrogens is 412 g/mol. The topological polar surface area (TPSA) is 25.8 Å². The van der Waals surface area contributed by atoms with E-state index in [1.807, 2.05) is 18.5 Å². The van der Waals surface area contributed by atoms with Crippen LogP contribution in [-0.4, -0.2) is 9.97 Å². The predicted octanol–water partition coefficient (Wildman–Crippen LogP) is 8.40. The van der Waals surface area contributed by atoms with Crippen LogP contribution in [0.5, 0.6) is 0 Å². The van der Waals surface area contributed by atoms with Gasteiger partial charge in [-0.15, -0.1) is 0 Å².